The zero-order valence-electron chi connectivity index (χ0n) is 22.7. The van der Waals surface area contributed by atoms with E-state index in [1.807, 2.05) is 51.1 Å². The number of carbonyl (C=O) groups excluding carboxylic acids is 3. The summed E-state index contributed by atoms with van der Waals surface area (Å²) in [6.45, 7) is 13.6. The summed E-state index contributed by atoms with van der Waals surface area (Å²) in [4.78, 5) is 45.3. The molecule has 0 saturated carbocycles. The van der Waals surface area contributed by atoms with Crippen molar-refractivity contribution in [3.8, 4) is 0 Å². The molecule has 8 heteroatoms. The molecule has 4 rings (SSSR count). The number of hydrogen-bond acceptors (Lipinski definition) is 6. The third-order valence-corrected chi connectivity index (χ3v) is 8.77. The number of aliphatic hydroxyl groups excluding tert-OH is 1. The van der Waals surface area contributed by atoms with Crippen LogP contribution in [0.2, 0.25) is 0 Å². The van der Waals surface area contributed by atoms with E-state index in [4.69, 9.17) is 9.47 Å². The van der Waals surface area contributed by atoms with Gasteiger partial charge >= 0.3 is 5.97 Å². The first-order valence-corrected chi connectivity index (χ1v) is 13.5. The minimum atomic E-state index is -1.18. The highest BCUT2D eigenvalue weighted by molar-refractivity contribution is 5.98. The van der Waals surface area contributed by atoms with Crippen LogP contribution in [-0.2, 0) is 30.4 Å². The second kappa shape index (κ2) is 11.0. The van der Waals surface area contributed by atoms with Gasteiger partial charge in [0, 0.05) is 13.1 Å². The van der Waals surface area contributed by atoms with Crippen molar-refractivity contribution in [2.75, 3.05) is 19.8 Å². The highest BCUT2D eigenvalue weighted by Crippen LogP contribution is 2.64. The van der Waals surface area contributed by atoms with Crippen LogP contribution in [0.5, 0.6) is 0 Å². The summed E-state index contributed by atoms with van der Waals surface area (Å²) in [5, 5.41) is 10.5. The molecule has 2 bridgehead atoms. The molecule has 1 aromatic rings. The van der Waals surface area contributed by atoms with Gasteiger partial charge in [-0.1, -0.05) is 69.3 Å². The molecule has 0 radical (unpaired) electrons. The van der Waals surface area contributed by atoms with Crippen LogP contribution in [0.25, 0.3) is 0 Å². The van der Waals surface area contributed by atoms with Crippen LogP contribution in [0.15, 0.2) is 55.6 Å². The van der Waals surface area contributed by atoms with Crippen LogP contribution >= 0.6 is 0 Å². The highest BCUT2D eigenvalue weighted by atomic mass is 16.6. The van der Waals surface area contributed by atoms with Gasteiger partial charge in [0.15, 0.2) is 0 Å². The standard InChI is InChI=1S/C30H40N2O6/c1-6-16-31(18-21-12-10-9-11-13-21)27(35)25-30-15-14-29(5,38-30)24(28(36)37-17-7-2)23(30)26(34)32(25)22(19-33)20(4)8-3/h6-7,9-13,20,22-25,33H,1-2,8,14-19H2,3-5H3/t20-,22-,23-,24-,25?,29+,30?/m0/s1. The number of benzene rings is 1. The molecule has 7 atom stereocenters. The predicted molar refractivity (Wildman–Crippen MR) is 143 cm³/mol. The van der Waals surface area contributed by atoms with E-state index in [2.05, 4.69) is 13.2 Å². The van der Waals surface area contributed by atoms with Crippen molar-refractivity contribution in [3.05, 3.63) is 61.2 Å². The first-order chi connectivity index (χ1) is 18.2. The lowest BCUT2D eigenvalue weighted by molar-refractivity contribution is -0.162. The second-order valence-corrected chi connectivity index (χ2v) is 11.0. The summed E-state index contributed by atoms with van der Waals surface area (Å²) in [5.41, 5.74) is -1.16. The third-order valence-electron chi connectivity index (χ3n) is 8.77. The molecule has 206 valence electrons. The summed E-state index contributed by atoms with van der Waals surface area (Å²) in [6.07, 6.45) is 4.84. The van der Waals surface area contributed by atoms with Crippen molar-refractivity contribution >= 4 is 17.8 Å². The van der Waals surface area contributed by atoms with Crippen LogP contribution in [0, 0.1) is 17.8 Å². The highest BCUT2D eigenvalue weighted by Gasteiger charge is 2.79. The van der Waals surface area contributed by atoms with Crippen molar-refractivity contribution in [2.24, 2.45) is 17.8 Å². The van der Waals surface area contributed by atoms with Gasteiger partial charge in [-0.2, -0.15) is 0 Å². The van der Waals surface area contributed by atoms with Crippen molar-refractivity contribution in [1.29, 1.82) is 0 Å². The van der Waals surface area contributed by atoms with Crippen LogP contribution < -0.4 is 0 Å². The molecule has 1 N–H and O–H groups in total. The largest absolute Gasteiger partial charge is 0.461 e. The molecule has 3 aliphatic heterocycles. The van der Waals surface area contributed by atoms with Crippen molar-refractivity contribution in [2.45, 2.75) is 69.9 Å². The van der Waals surface area contributed by atoms with Gasteiger partial charge in [-0.3, -0.25) is 14.4 Å². The number of carbonyl (C=O) groups is 3. The predicted octanol–water partition coefficient (Wildman–Crippen LogP) is 3.10. The van der Waals surface area contributed by atoms with E-state index in [-0.39, 0.29) is 37.5 Å². The van der Waals surface area contributed by atoms with Gasteiger partial charge in [0.1, 0.15) is 24.2 Å². The average molecular weight is 525 g/mol. The van der Waals surface area contributed by atoms with Gasteiger partial charge in [-0.15, -0.1) is 6.58 Å². The summed E-state index contributed by atoms with van der Waals surface area (Å²) in [6, 6.07) is 8.07. The van der Waals surface area contributed by atoms with Gasteiger partial charge < -0.3 is 24.4 Å². The van der Waals surface area contributed by atoms with Gasteiger partial charge in [0.25, 0.3) is 0 Å². The summed E-state index contributed by atoms with van der Waals surface area (Å²) >= 11 is 0. The Balaban J connectivity index is 1.81. The van der Waals surface area contributed by atoms with E-state index < -0.39 is 41.1 Å². The van der Waals surface area contributed by atoms with Crippen LogP contribution in [0.4, 0.5) is 0 Å². The van der Waals surface area contributed by atoms with Crippen molar-refractivity contribution in [3.63, 3.8) is 0 Å². The molecule has 2 unspecified atom stereocenters. The number of esters is 1. The number of fused-ring (bicyclic) bond motifs is 1. The maximum Gasteiger partial charge on any atom is 0.313 e. The lowest BCUT2D eigenvalue weighted by Gasteiger charge is -2.41. The Bertz CT molecular complexity index is 1080. The smallest absolute Gasteiger partial charge is 0.313 e. The van der Waals surface area contributed by atoms with Crippen LogP contribution in [0.1, 0.15) is 45.6 Å². The Hall–Kier alpha value is -2.97. The van der Waals surface area contributed by atoms with E-state index in [1.165, 1.54) is 6.08 Å². The van der Waals surface area contributed by atoms with E-state index in [0.29, 0.717) is 25.8 Å². The molecule has 3 aliphatic rings. The fourth-order valence-electron chi connectivity index (χ4n) is 6.77. The van der Waals surface area contributed by atoms with Gasteiger partial charge in [0.05, 0.1) is 24.2 Å². The molecule has 0 aromatic heterocycles. The van der Waals surface area contributed by atoms with E-state index >= 15 is 0 Å². The Morgan fingerprint density at radius 2 is 1.97 bits per heavy atom. The lowest BCUT2D eigenvalue weighted by Crippen LogP contribution is -2.59. The number of hydrogen-bond donors (Lipinski definition) is 1. The maximum absolute atomic E-state index is 14.5. The van der Waals surface area contributed by atoms with Gasteiger partial charge in [0.2, 0.25) is 11.8 Å². The second-order valence-electron chi connectivity index (χ2n) is 11.0. The molecule has 0 aliphatic carbocycles. The fraction of sp³-hybridized carbons (Fsp3) is 0.567. The molecule has 8 nitrogen and oxygen atoms in total. The molecule has 3 saturated heterocycles. The Morgan fingerprint density at radius 1 is 1.26 bits per heavy atom. The molecular formula is C30H40N2O6. The van der Waals surface area contributed by atoms with Gasteiger partial charge in [-0.05, 0) is 31.2 Å². The Kier molecular flexibility index (Phi) is 8.14. The minimum absolute atomic E-state index is 0.0295. The normalized spacial score (nSPS) is 31.0. The minimum Gasteiger partial charge on any atom is -0.461 e. The maximum atomic E-state index is 14.5. The quantitative estimate of drug-likeness (QED) is 0.334. The van der Waals surface area contributed by atoms with E-state index in [9.17, 15) is 19.5 Å². The van der Waals surface area contributed by atoms with E-state index in [1.54, 1.807) is 15.9 Å². The fourth-order valence-corrected chi connectivity index (χ4v) is 6.77. The third kappa shape index (κ3) is 4.47. The number of aliphatic hydroxyl groups is 1. The molecule has 38 heavy (non-hydrogen) atoms. The van der Waals surface area contributed by atoms with Crippen LogP contribution in [0.3, 0.4) is 0 Å². The molecule has 3 heterocycles. The van der Waals surface area contributed by atoms with Gasteiger partial charge in [-0.25, -0.2) is 0 Å². The zero-order valence-corrected chi connectivity index (χ0v) is 22.7. The number of rotatable bonds is 12. The first-order valence-electron chi connectivity index (χ1n) is 13.5. The lowest BCUT2D eigenvalue weighted by atomic mass is 9.66. The number of likely N-dealkylation sites (tertiary alicyclic amines) is 1. The number of ether oxygens (including phenoxy) is 2. The summed E-state index contributed by atoms with van der Waals surface area (Å²) < 4.78 is 12.1. The molecule has 3 fully saturated rings. The van der Waals surface area contributed by atoms with Crippen molar-refractivity contribution in [1.82, 2.24) is 9.80 Å². The first kappa shape index (κ1) is 28.0. The average Bonchev–Trinajstić information content (AvgIpc) is 3.48. The Labute approximate surface area is 225 Å². The SMILES string of the molecule is C=CCOC(=O)[C@@H]1[C@H]2C(=O)N([C@@H](CO)[C@@H](C)CC)C(C(=O)N(CC=C)Cc3ccccc3)C23CC[C@@]1(C)O3. The summed E-state index contributed by atoms with van der Waals surface area (Å²) in [7, 11) is 0. The molecule has 1 aromatic carbocycles. The monoisotopic (exact) mass is 524 g/mol. The Morgan fingerprint density at radius 3 is 2.58 bits per heavy atom. The van der Waals surface area contributed by atoms with Crippen LogP contribution in [-0.4, -0.2) is 75.7 Å². The molecular weight excluding hydrogens is 484 g/mol. The van der Waals surface area contributed by atoms with E-state index in [0.717, 1.165) is 5.56 Å². The molecule has 2 amide bonds. The number of nitrogens with zero attached hydrogens (tertiary/aromatic N) is 2. The molecule has 1 spiro atoms. The topological polar surface area (TPSA) is 96.4 Å². The zero-order chi connectivity index (χ0) is 27.7. The summed E-state index contributed by atoms with van der Waals surface area (Å²) in [5.74, 6) is -2.90. The number of amides is 2. The van der Waals surface area contributed by atoms with Crippen molar-refractivity contribution < 1.29 is 29.0 Å².